The van der Waals surface area contributed by atoms with Gasteiger partial charge in [-0.2, -0.15) is 0 Å². The average Bonchev–Trinajstić information content (AvgIpc) is 2.25. The van der Waals surface area contributed by atoms with Crippen molar-refractivity contribution in [3.05, 3.63) is 23.8 Å². The molecule has 0 amide bonds. The van der Waals surface area contributed by atoms with E-state index in [0.717, 1.165) is 6.08 Å². The van der Waals surface area contributed by atoms with Crippen LogP contribution in [-0.4, -0.2) is 34.9 Å². The minimum absolute atomic E-state index is 0.0411. The van der Waals surface area contributed by atoms with E-state index in [0.29, 0.717) is 0 Å². The summed E-state index contributed by atoms with van der Waals surface area (Å²) < 4.78 is 4.42. The molecule has 0 aromatic carbocycles. The zero-order valence-electron chi connectivity index (χ0n) is 9.69. The summed E-state index contributed by atoms with van der Waals surface area (Å²) in [6.07, 6.45) is -0.0777. The van der Waals surface area contributed by atoms with Crippen LogP contribution in [0.5, 0.6) is 0 Å². The molecule has 0 fully saturated rings. The minimum atomic E-state index is -1.20. The van der Waals surface area contributed by atoms with Gasteiger partial charge in [0.2, 0.25) is 0 Å². The monoisotopic (exact) mass is 238 g/mol. The van der Waals surface area contributed by atoms with Gasteiger partial charge in [-0.3, -0.25) is 0 Å². The first-order valence-electron chi connectivity index (χ1n) is 4.76. The van der Waals surface area contributed by atoms with Crippen LogP contribution in [0.1, 0.15) is 13.8 Å². The van der Waals surface area contributed by atoms with E-state index < -0.39 is 18.0 Å². The third-order valence-corrected chi connectivity index (χ3v) is 1.59. The van der Waals surface area contributed by atoms with Crippen molar-refractivity contribution in [2.45, 2.75) is 20.0 Å². The molecule has 5 heteroatoms. The van der Waals surface area contributed by atoms with Gasteiger partial charge in [-0.05, 0) is 19.9 Å². The van der Waals surface area contributed by atoms with E-state index in [1.54, 1.807) is 0 Å². The lowest BCUT2D eigenvalue weighted by Gasteiger charge is -2.03. The maximum absolute atomic E-state index is 11.3. The van der Waals surface area contributed by atoms with Crippen molar-refractivity contribution in [2.75, 3.05) is 6.61 Å². The van der Waals surface area contributed by atoms with Gasteiger partial charge < -0.3 is 14.9 Å². The number of hydrogen-bond donors (Lipinski definition) is 2. The molecule has 0 saturated carbocycles. The summed E-state index contributed by atoms with van der Waals surface area (Å²) in [5.74, 6) is 2.80. The number of aliphatic hydroxyl groups is 2. The lowest BCUT2D eigenvalue weighted by atomic mass is 10.2. The Bertz CT molecular complexity index is 408. The van der Waals surface area contributed by atoms with Crippen molar-refractivity contribution in [3.8, 4) is 11.8 Å². The van der Waals surface area contributed by atoms with Gasteiger partial charge in [-0.1, -0.05) is 18.4 Å². The Kier molecular flexibility index (Phi) is 6.56. The second-order valence-corrected chi connectivity index (χ2v) is 3.23. The van der Waals surface area contributed by atoms with Crippen LogP contribution in [0.25, 0.3) is 0 Å². The minimum Gasteiger partial charge on any atom is -0.386 e. The molecule has 1 unspecified atom stereocenters. The quantitative estimate of drug-likeness (QED) is 0.311. The summed E-state index contributed by atoms with van der Waals surface area (Å²) >= 11 is 0. The number of ether oxygens (including phenoxy) is 1. The largest absolute Gasteiger partial charge is 0.386 e. The molecule has 0 aromatic rings. The van der Waals surface area contributed by atoms with Crippen LogP contribution < -0.4 is 0 Å². The molecule has 2 N–H and O–H groups in total. The highest BCUT2D eigenvalue weighted by Gasteiger charge is 2.13. The predicted molar refractivity (Wildman–Crippen MR) is 60.5 cm³/mol. The first kappa shape index (κ1) is 15.1. The van der Waals surface area contributed by atoms with Crippen molar-refractivity contribution in [1.82, 2.24) is 0 Å². The second kappa shape index (κ2) is 7.39. The molecule has 0 bridgehead atoms. The van der Waals surface area contributed by atoms with Crippen LogP contribution >= 0.6 is 0 Å². The molecule has 0 aliphatic heterocycles. The number of carbonyl (C=O) groups excluding carboxylic acids is 2. The number of hydrogen-bond acceptors (Lipinski definition) is 5. The Balaban J connectivity index is 4.54. The second-order valence-electron chi connectivity index (χ2n) is 3.23. The highest BCUT2D eigenvalue weighted by atomic mass is 16.6. The van der Waals surface area contributed by atoms with Crippen LogP contribution in [0.4, 0.5) is 0 Å². The topological polar surface area (TPSA) is 83.8 Å². The molecule has 0 saturated heterocycles. The van der Waals surface area contributed by atoms with Gasteiger partial charge in [0.1, 0.15) is 12.7 Å². The van der Waals surface area contributed by atoms with E-state index in [1.807, 2.05) is 0 Å². The van der Waals surface area contributed by atoms with E-state index in [-0.39, 0.29) is 17.8 Å². The zero-order chi connectivity index (χ0) is 13.4. The third kappa shape index (κ3) is 6.30. The molecule has 92 valence electrons. The molecule has 1 atom stereocenters. The van der Waals surface area contributed by atoms with Crippen molar-refractivity contribution >= 4 is 11.9 Å². The molecule has 0 radical (unpaired) electrons. The molecule has 0 aliphatic rings. The zero-order valence-corrected chi connectivity index (χ0v) is 9.69. The Morgan fingerprint density at radius 1 is 1.41 bits per heavy atom. The fourth-order valence-corrected chi connectivity index (χ4v) is 0.749. The summed E-state index contributed by atoms with van der Waals surface area (Å²) in [7, 11) is 0. The summed E-state index contributed by atoms with van der Waals surface area (Å²) in [5, 5.41) is 17.7. The van der Waals surface area contributed by atoms with Crippen LogP contribution in [0, 0.1) is 11.8 Å². The fourth-order valence-electron chi connectivity index (χ4n) is 0.749. The molecule has 0 heterocycles. The molecular weight excluding hydrogens is 224 g/mol. The molecule has 0 spiro atoms. The van der Waals surface area contributed by atoms with E-state index in [1.165, 1.54) is 13.8 Å². The third-order valence-electron chi connectivity index (χ3n) is 1.59. The Hall–Kier alpha value is -1.90. The summed E-state index contributed by atoms with van der Waals surface area (Å²) in [6, 6.07) is 0. The van der Waals surface area contributed by atoms with Gasteiger partial charge in [-0.15, -0.1) is 0 Å². The lowest BCUT2D eigenvalue weighted by Crippen LogP contribution is -2.14. The number of rotatable bonds is 3. The summed E-state index contributed by atoms with van der Waals surface area (Å²) in [6.45, 7) is 5.72. The Labute approximate surface area is 99.4 Å². The highest BCUT2D eigenvalue weighted by Crippen LogP contribution is 2.02. The molecule has 0 rings (SSSR count). The van der Waals surface area contributed by atoms with Crippen molar-refractivity contribution in [2.24, 2.45) is 0 Å². The SMILES string of the molecule is C=C(C)C(=O)OC(=O)C(C)=CC(O)C#CCO. The van der Waals surface area contributed by atoms with E-state index in [9.17, 15) is 14.7 Å². The number of aliphatic hydroxyl groups excluding tert-OH is 2. The van der Waals surface area contributed by atoms with Gasteiger partial charge in [0.15, 0.2) is 0 Å². The van der Waals surface area contributed by atoms with Gasteiger partial charge in [0.05, 0.1) is 0 Å². The molecule has 17 heavy (non-hydrogen) atoms. The first-order chi connectivity index (χ1) is 7.88. The molecule has 0 aromatic heterocycles. The summed E-state index contributed by atoms with van der Waals surface area (Å²) in [4.78, 5) is 22.3. The summed E-state index contributed by atoms with van der Waals surface area (Å²) in [5.41, 5.74) is 0.145. The Morgan fingerprint density at radius 3 is 2.47 bits per heavy atom. The van der Waals surface area contributed by atoms with Crippen LogP contribution in [0.2, 0.25) is 0 Å². The average molecular weight is 238 g/mol. The maximum Gasteiger partial charge on any atom is 0.341 e. The normalized spacial score (nSPS) is 12.1. The van der Waals surface area contributed by atoms with E-state index in [4.69, 9.17) is 5.11 Å². The maximum atomic E-state index is 11.3. The van der Waals surface area contributed by atoms with Crippen molar-refractivity contribution < 1.29 is 24.5 Å². The Morgan fingerprint density at radius 2 is 2.00 bits per heavy atom. The van der Waals surface area contributed by atoms with Gasteiger partial charge >= 0.3 is 11.9 Å². The molecule has 5 nitrogen and oxygen atoms in total. The van der Waals surface area contributed by atoms with Gasteiger partial charge in [0.25, 0.3) is 0 Å². The van der Waals surface area contributed by atoms with Gasteiger partial charge in [0, 0.05) is 11.1 Å². The van der Waals surface area contributed by atoms with Crippen LogP contribution in [-0.2, 0) is 14.3 Å². The standard InChI is InChI=1S/C12H14O5/c1-8(2)11(15)17-12(16)9(3)7-10(14)5-4-6-13/h7,10,13-14H,1,6H2,2-3H3. The first-order valence-corrected chi connectivity index (χ1v) is 4.76. The number of carbonyl (C=O) groups is 2. The van der Waals surface area contributed by atoms with Crippen LogP contribution in [0.3, 0.4) is 0 Å². The van der Waals surface area contributed by atoms with Crippen molar-refractivity contribution in [3.63, 3.8) is 0 Å². The fraction of sp³-hybridized carbons (Fsp3) is 0.333. The van der Waals surface area contributed by atoms with E-state index in [2.05, 4.69) is 23.2 Å². The smallest absolute Gasteiger partial charge is 0.341 e. The molecule has 0 aliphatic carbocycles. The highest BCUT2D eigenvalue weighted by molar-refractivity contribution is 6.01. The van der Waals surface area contributed by atoms with Crippen LogP contribution in [0.15, 0.2) is 23.8 Å². The lowest BCUT2D eigenvalue weighted by molar-refractivity contribution is -0.153. The predicted octanol–water partition coefficient (Wildman–Crippen LogP) is -0.0648. The number of esters is 2. The van der Waals surface area contributed by atoms with Crippen molar-refractivity contribution in [1.29, 1.82) is 0 Å². The van der Waals surface area contributed by atoms with Gasteiger partial charge in [-0.25, -0.2) is 9.59 Å². The van der Waals surface area contributed by atoms with E-state index >= 15 is 0 Å². The molecular formula is C12H14O5.